The molecule has 1 rings (SSSR count). The van der Waals surface area contributed by atoms with E-state index in [2.05, 4.69) is 10.1 Å². The van der Waals surface area contributed by atoms with E-state index in [1.54, 1.807) is 0 Å². The average Bonchev–Trinajstić information content (AvgIpc) is 2.41. The number of alkyl carbamates (subject to hydrolysis) is 1. The fourth-order valence-electron chi connectivity index (χ4n) is 1.66. The first kappa shape index (κ1) is 18.1. The first-order chi connectivity index (χ1) is 10.1. The fraction of sp³-hybridized carbons (Fsp3) is 0.417. The molecular formula is C12H15F3N2O4S. The van der Waals surface area contributed by atoms with Gasteiger partial charge in [0.2, 0.25) is 10.0 Å². The number of alkyl halides is 3. The Morgan fingerprint density at radius 3 is 2.50 bits per heavy atom. The van der Waals surface area contributed by atoms with Crippen molar-refractivity contribution >= 4 is 21.8 Å². The second kappa shape index (κ2) is 6.86. The highest BCUT2D eigenvalue weighted by atomic mass is 32.2. The van der Waals surface area contributed by atoms with Gasteiger partial charge in [0.1, 0.15) is 0 Å². The van der Waals surface area contributed by atoms with Gasteiger partial charge in [-0.1, -0.05) is 6.07 Å². The normalized spacial score (nSPS) is 11.9. The van der Waals surface area contributed by atoms with E-state index >= 15 is 0 Å². The van der Waals surface area contributed by atoms with Gasteiger partial charge < -0.3 is 10.1 Å². The molecule has 22 heavy (non-hydrogen) atoms. The van der Waals surface area contributed by atoms with Crippen LogP contribution in [0.1, 0.15) is 5.56 Å². The highest BCUT2D eigenvalue weighted by Crippen LogP contribution is 2.32. The van der Waals surface area contributed by atoms with Crippen LogP contribution < -0.4 is 9.62 Å². The standard InChI is InChI=1S/C12H15F3N2O4S/c1-21-11(18)16-6-7-17(22(2,19)20)10-5-3-4-9(8-10)12(13,14)15/h3-5,8H,6-7H2,1-2H3,(H,16,18). The van der Waals surface area contributed by atoms with E-state index in [4.69, 9.17) is 0 Å². The number of amides is 1. The summed E-state index contributed by atoms with van der Waals surface area (Å²) in [5.74, 6) is 0. The summed E-state index contributed by atoms with van der Waals surface area (Å²) >= 11 is 0. The van der Waals surface area contributed by atoms with E-state index in [-0.39, 0.29) is 18.8 Å². The Hall–Kier alpha value is -1.97. The number of rotatable bonds is 5. The van der Waals surface area contributed by atoms with Crippen LogP contribution in [0.15, 0.2) is 24.3 Å². The van der Waals surface area contributed by atoms with Gasteiger partial charge in [0.15, 0.2) is 0 Å². The summed E-state index contributed by atoms with van der Waals surface area (Å²) in [7, 11) is -2.68. The molecule has 1 aromatic carbocycles. The lowest BCUT2D eigenvalue weighted by Crippen LogP contribution is -2.38. The Kier molecular flexibility index (Phi) is 5.64. The van der Waals surface area contributed by atoms with E-state index in [9.17, 15) is 26.4 Å². The fourth-order valence-corrected chi connectivity index (χ4v) is 2.57. The lowest BCUT2D eigenvalue weighted by molar-refractivity contribution is -0.137. The molecular weight excluding hydrogens is 325 g/mol. The number of halogens is 3. The van der Waals surface area contributed by atoms with Crippen molar-refractivity contribution in [3.05, 3.63) is 29.8 Å². The molecule has 0 spiro atoms. The van der Waals surface area contributed by atoms with Crippen molar-refractivity contribution in [3.8, 4) is 0 Å². The summed E-state index contributed by atoms with van der Waals surface area (Å²) in [6.07, 6.45) is -4.48. The van der Waals surface area contributed by atoms with Crippen molar-refractivity contribution < 1.29 is 31.1 Å². The second-order valence-electron chi connectivity index (χ2n) is 4.30. The van der Waals surface area contributed by atoms with Crippen LogP contribution >= 0.6 is 0 Å². The molecule has 0 bridgehead atoms. The molecule has 0 aromatic heterocycles. The zero-order valence-electron chi connectivity index (χ0n) is 11.8. The van der Waals surface area contributed by atoms with Crippen LogP contribution in [0.5, 0.6) is 0 Å². The molecule has 0 fully saturated rings. The van der Waals surface area contributed by atoms with E-state index in [1.165, 1.54) is 6.07 Å². The summed E-state index contributed by atoms with van der Waals surface area (Å²) in [6, 6.07) is 3.94. The topological polar surface area (TPSA) is 75.7 Å². The van der Waals surface area contributed by atoms with Gasteiger partial charge in [0.05, 0.1) is 31.2 Å². The lowest BCUT2D eigenvalue weighted by atomic mass is 10.2. The highest BCUT2D eigenvalue weighted by Gasteiger charge is 2.31. The number of anilines is 1. The van der Waals surface area contributed by atoms with Gasteiger partial charge >= 0.3 is 12.3 Å². The number of nitrogens with one attached hydrogen (secondary N) is 1. The van der Waals surface area contributed by atoms with Crippen LogP contribution in [0, 0.1) is 0 Å². The number of benzene rings is 1. The molecule has 0 aliphatic rings. The number of sulfonamides is 1. The molecule has 0 saturated carbocycles. The first-order valence-electron chi connectivity index (χ1n) is 6.02. The molecule has 1 aromatic rings. The van der Waals surface area contributed by atoms with E-state index < -0.39 is 27.9 Å². The number of methoxy groups -OCH3 is 1. The first-order valence-corrected chi connectivity index (χ1v) is 7.87. The number of carbonyl (C=O) groups is 1. The zero-order chi connectivity index (χ0) is 17.0. The van der Waals surface area contributed by atoms with Crippen LogP contribution in [-0.4, -0.2) is 41.0 Å². The summed E-state index contributed by atoms with van der Waals surface area (Å²) < 4.78 is 66.6. The summed E-state index contributed by atoms with van der Waals surface area (Å²) in [5, 5.41) is 2.26. The molecule has 0 unspecified atom stereocenters. The van der Waals surface area contributed by atoms with Gasteiger partial charge in [-0.15, -0.1) is 0 Å². The quantitative estimate of drug-likeness (QED) is 0.887. The van der Waals surface area contributed by atoms with Crippen LogP contribution in [0.25, 0.3) is 0 Å². The van der Waals surface area contributed by atoms with Crippen LogP contribution in [0.4, 0.5) is 23.7 Å². The summed E-state index contributed by atoms with van der Waals surface area (Å²) in [6.45, 7) is -0.342. The molecule has 124 valence electrons. The summed E-state index contributed by atoms with van der Waals surface area (Å²) in [5.41, 5.74) is -1.09. The van der Waals surface area contributed by atoms with Crippen LogP contribution in [0.2, 0.25) is 0 Å². The third kappa shape index (κ3) is 5.10. The van der Waals surface area contributed by atoms with Gasteiger partial charge in [0.25, 0.3) is 0 Å². The third-order valence-electron chi connectivity index (χ3n) is 2.63. The van der Waals surface area contributed by atoms with Crippen LogP contribution in [-0.2, 0) is 20.9 Å². The second-order valence-corrected chi connectivity index (χ2v) is 6.21. The minimum Gasteiger partial charge on any atom is -0.453 e. The number of hydrogen-bond donors (Lipinski definition) is 1. The van der Waals surface area contributed by atoms with Gasteiger partial charge in [-0.3, -0.25) is 4.31 Å². The number of hydrogen-bond acceptors (Lipinski definition) is 4. The maximum Gasteiger partial charge on any atom is 0.416 e. The Morgan fingerprint density at radius 2 is 2.00 bits per heavy atom. The minimum absolute atomic E-state index is 0.115. The molecule has 6 nitrogen and oxygen atoms in total. The lowest BCUT2D eigenvalue weighted by Gasteiger charge is -2.23. The van der Waals surface area contributed by atoms with Crippen LogP contribution in [0.3, 0.4) is 0 Å². The Bertz CT molecular complexity index is 632. The smallest absolute Gasteiger partial charge is 0.416 e. The van der Waals surface area contributed by atoms with E-state index in [0.29, 0.717) is 0 Å². The van der Waals surface area contributed by atoms with Gasteiger partial charge in [-0.2, -0.15) is 13.2 Å². The SMILES string of the molecule is COC(=O)NCCN(c1cccc(C(F)(F)F)c1)S(C)(=O)=O. The number of ether oxygens (including phenoxy) is 1. The predicted molar refractivity (Wildman–Crippen MR) is 74.0 cm³/mol. The minimum atomic E-state index is -4.58. The predicted octanol–water partition coefficient (Wildman–Crippen LogP) is 1.83. The maximum absolute atomic E-state index is 12.7. The highest BCUT2D eigenvalue weighted by molar-refractivity contribution is 7.92. The maximum atomic E-state index is 12.7. The molecule has 1 amide bonds. The van der Waals surface area contributed by atoms with Gasteiger partial charge in [-0.25, -0.2) is 13.2 Å². The largest absolute Gasteiger partial charge is 0.453 e. The van der Waals surface area contributed by atoms with Crippen molar-refractivity contribution in [2.45, 2.75) is 6.18 Å². The molecule has 0 heterocycles. The Labute approximate surface area is 125 Å². The van der Waals surface area contributed by atoms with Crippen molar-refractivity contribution in [3.63, 3.8) is 0 Å². The zero-order valence-corrected chi connectivity index (χ0v) is 12.7. The molecule has 0 radical (unpaired) electrons. The molecule has 0 aliphatic heterocycles. The average molecular weight is 340 g/mol. The molecule has 0 aliphatic carbocycles. The molecule has 0 atom stereocenters. The van der Waals surface area contributed by atoms with E-state index in [0.717, 1.165) is 35.9 Å². The molecule has 0 saturated heterocycles. The van der Waals surface area contributed by atoms with E-state index in [1.807, 2.05) is 0 Å². The van der Waals surface area contributed by atoms with Crippen molar-refractivity contribution in [2.75, 3.05) is 30.8 Å². The van der Waals surface area contributed by atoms with Gasteiger partial charge in [-0.05, 0) is 18.2 Å². The molecule has 1 N–H and O–H groups in total. The Balaban J connectivity index is 3.01. The van der Waals surface area contributed by atoms with Crippen molar-refractivity contribution in [2.24, 2.45) is 0 Å². The Morgan fingerprint density at radius 1 is 1.36 bits per heavy atom. The summed E-state index contributed by atoms with van der Waals surface area (Å²) in [4.78, 5) is 10.9. The van der Waals surface area contributed by atoms with Crippen molar-refractivity contribution in [1.82, 2.24) is 5.32 Å². The molecule has 10 heteroatoms. The van der Waals surface area contributed by atoms with Crippen molar-refractivity contribution in [1.29, 1.82) is 0 Å². The van der Waals surface area contributed by atoms with Gasteiger partial charge in [0, 0.05) is 6.54 Å². The third-order valence-corrected chi connectivity index (χ3v) is 3.83. The number of nitrogens with zero attached hydrogens (tertiary/aromatic N) is 1. The monoisotopic (exact) mass is 340 g/mol. The number of carbonyl (C=O) groups excluding carboxylic acids is 1.